The second kappa shape index (κ2) is 6.67. The number of aliphatic carboxylic acids is 1. The van der Waals surface area contributed by atoms with Gasteiger partial charge in [0.1, 0.15) is 6.33 Å². The van der Waals surface area contributed by atoms with E-state index in [1.165, 1.54) is 0 Å². The highest BCUT2D eigenvalue weighted by atomic mass is 16.4. The Balaban J connectivity index is 1.68. The summed E-state index contributed by atoms with van der Waals surface area (Å²) in [5.74, 6) is 0.00588. The monoisotopic (exact) mass is 263 g/mol. The zero-order valence-corrected chi connectivity index (χ0v) is 10.6. The van der Waals surface area contributed by atoms with Crippen molar-refractivity contribution in [3.63, 3.8) is 0 Å². The minimum absolute atomic E-state index is 0.258. The summed E-state index contributed by atoms with van der Waals surface area (Å²) in [6.07, 6.45) is 9.07. The van der Waals surface area contributed by atoms with Crippen LogP contribution in [0.25, 0.3) is 5.65 Å². The predicted molar refractivity (Wildman–Crippen MR) is 70.0 cm³/mol. The topological polar surface area (TPSA) is 92.4 Å². The number of aromatic nitrogens is 4. The Morgan fingerprint density at radius 2 is 2.16 bits per heavy atom. The molecular weight excluding hydrogens is 246 g/mol. The molecule has 0 atom stereocenters. The molecule has 102 valence electrons. The Morgan fingerprint density at radius 3 is 3.00 bits per heavy atom. The normalized spacial score (nSPS) is 10.7. The fourth-order valence-electron chi connectivity index (χ4n) is 1.84. The lowest BCUT2D eigenvalue weighted by atomic mass is 10.1. The number of hydrogen-bond acceptors (Lipinski definition) is 5. The molecule has 0 amide bonds. The quantitative estimate of drug-likeness (QED) is 0.702. The van der Waals surface area contributed by atoms with E-state index in [1.54, 1.807) is 18.7 Å². The van der Waals surface area contributed by atoms with E-state index >= 15 is 0 Å². The summed E-state index contributed by atoms with van der Waals surface area (Å²) in [5.41, 5.74) is 0.716. The van der Waals surface area contributed by atoms with Crippen LogP contribution in [-0.2, 0) is 4.79 Å². The van der Waals surface area contributed by atoms with Gasteiger partial charge in [0.25, 0.3) is 0 Å². The number of unbranched alkanes of at least 4 members (excludes halogenated alkanes) is 3. The standard InChI is InChI=1S/C12H17N5O2/c18-10(19)5-3-1-2-4-6-13-11-12-16-15-9-17(12)8-7-14-11/h7-9H,1-6H2,(H,13,14)(H,18,19). The Hall–Kier alpha value is -2.18. The number of carbonyl (C=O) groups is 1. The van der Waals surface area contributed by atoms with Crippen molar-refractivity contribution in [3.8, 4) is 0 Å². The molecule has 2 heterocycles. The van der Waals surface area contributed by atoms with E-state index in [0.717, 1.165) is 38.0 Å². The van der Waals surface area contributed by atoms with Crippen molar-refractivity contribution in [2.24, 2.45) is 0 Å². The summed E-state index contributed by atoms with van der Waals surface area (Å²) in [4.78, 5) is 14.6. The summed E-state index contributed by atoms with van der Waals surface area (Å²) in [6.45, 7) is 0.798. The summed E-state index contributed by atoms with van der Waals surface area (Å²) >= 11 is 0. The molecule has 0 aliphatic heterocycles. The number of carboxylic acid groups (broad SMARTS) is 1. The summed E-state index contributed by atoms with van der Waals surface area (Å²) in [5, 5.41) is 19.5. The van der Waals surface area contributed by atoms with Crippen LogP contribution in [0.15, 0.2) is 18.7 Å². The lowest BCUT2D eigenvalue weighted by molar-refractivity contribution is -0.137. The van der Waals surface area contributed by atoms with Crippen LogP contribution < -0.4 is 5.32 Å². The van der Waals surface area contributed by atoms with E-state index in [1.807, 2.05) is 4.40 Å². The summed E-state index contributed by atoms with van der Waals surface area (Å²) < 4.78 is 1.81. The average molecular weight is 263 g/mol. The molecule has 2 aromatic rings. The van der Waals surface area contributed by atoms with E-state index < -0.39 is 5.97 Å². The number of fused-ring (bicyclic) bond motifs is 1. The number of rotatable bonds is 8. The fraction of sp³-hybridized carbons (Fsp3) is 0.500. The maximum atomic E-state index is 10.3. The molecule has 7 heteroatoms. The van der Waals surface area contributed by atoms with Gasteiger partial charge in [0.15, 0.2) is 5.82 Å². The SMILES string of the molecule is O=C(O)CCCCCCNc1nccn2cnnc12. The molecule has 0 aliphatic rings. The van der Waals surface area contributed by atoms with Crippen molar-refractivity contribution < 1.29 is 9.90 Å². The van der Waals surface area contributed by atoms with Crippen LogP contribution in [0.1, 0.15) is 32.1 Å². The highest BCUT2D eigenvalue weighted by Crippen LogP contribution is 2.10. The van der Waals surface area contributed by atoms with Gasteiger partial charge in [-0.3, -0.25) is 9.20 Å². The Kier molecular flexibility index (Phi) is 4.66. The van der Waals surface area contributed by atoms with Crippen LogP contribution in [0.2, 0.25) is 0 Å². The first-order valence-electron chi connectivity index (χ1n) is 6.37. The van der Waals surface area contributed by atoms with Gasteiger partial charge < -0.3 is 10.4 Å². The lowest BCUT2D eigenvalue weighted by Gasteiger charge is -2.05. The van der Waals surface area contributed by atoms with Gasteiger partial charge in [-0.05, 0) is 12.8 Å². The van der Waals surface area contributed by atoms with Gasteiger partial charge in [-0.25, -0.2) is 4.98 Å². The molecule has 0 fully saturated rings. The number of nitrogens with one attached hydrogen (secondary N) is 1. The Labute approximate surface area is 110 Å². The molecule has 2 aromatic heterocycles. The van der Waals surface area contributed by atoms with Crippen molar-refractivity contribution in [1.82, 2.24) is 19.6 Å². The van der Waals surface area contributed by atoms with Crippen molar-refractivity contribution in [2.45, 2.75) is 32.1 Å². The Morgan fingerprint density at radius 1 is 1.32 bits per heavy atom. The molecule has 0 saturated carbocycles. The molecule has 0 bridgehead atoms. The zero-order valence-electron chi connectivity index (χ0n) is 10.6. The number of carboxylic acids is 1. The molecule has 0 spiro atoms. The number of hydrogen-bond donors (Lipinski definition) is 2. The number of nitrogens with zero attached hydrogens (tertiary/aromatic N) is 4. The van der Waals surface area contributed by atoms with E-state index in [4.69, 9.17) is 5.11 Å². The molecule has 0 aromatic carbocycles. The van der Waals surface area contributed by atoms with Gasteiger partial charge in [0.2, 0.25) is 5.65 Å². The third-order valence-corrected chi connectivity index (χ3v) is 2.83. The molecule has 19 heavy (non-hydrogen) atoms. The molecule has 0 unspecified atom stereocenters. The van der Waals surface area contributed by atoms with Crippen molar-refractivity contribution in [2.75, 3.05) is 11.9 Å². The smallest absolute Gasteiger partial charge is 0.303 e. The summed E-state index contributed by atoms with van der Waals surface area (Å²) in [7, 11) is 0. The first-order valence-corrected chi connectivity index (χ1v) is 6.37. The van der Waals surface area contributed by atoms with Crippen LogP contribution in [0.5, 0.6) is 0 Å². The van der Waals surface area contributed by atoms with Gasteiger partial charge in [-0.2, -0.15) is 0 Å². The second-order valence-corrected chi connectivity index (χ2v) is 4.32. The molecule has 0 saturated heterocycles. The van der Waals surface area contributed by atoms with Gasteiger partial charge in [-0.15, -0.1) is 10.2 Å². The highest BCUT2D eigenvalue weighted by Gasteiger charge is 2.03. The molecule has 0 radical (unpaired) electrons. The van der Waals surface area contributed by atoms with Crippen molar-refractivity contribution in [1.29, 1.82) is 0 Å². The third kappa shape index (κ3) is 3.90. The van der Waals surface area contributed by atoms with Crippen LogP contribution in [0, 0.1) is 0 Å². The van der Waals surface area contributed by atoms with E-state index in [2.05, 4.69) is 20.5 Å². The van der Waals surface area contributed by atoms with Crippen LogP contribution >= 0.6 is 0 Å². The van der Waals surface area contributed by atoms with Crippen molar-refractivity contribution in [3.05, 3.63) is 18.7 Å². The van der Waals surface area contributed by atoms with Gasteiger partial charge >= 0.3 is 5.97 Å². The maximum absolute atomic E-state index is 10.3. The minimum atomic E-state index is -0.721. The van der Waals surface area contributed by atoms with Gasteiger partial charge in [-0.1, -0.05) is 12.8 Å². The van der Waals surface area contributed by atoms with Crippen LogP contribution in [0.3, 0.4) is 0 Å². The van der Waals surface area contributed by atoms with E-state index in [9.17, 15) is 4.79 Å². The first kappa shape index (κ1) is 13.3. The van der Waals surface area contributed by atoms with Crippen LogP contribution in [-0.4, -0.2) is 37.2 Å². The first-order chi connectivity index (χ1) is 9.27. The zero-order chi connectivity index (χ0) is 13.5. The third-order valence-electron chi connectivity index (χ3n) is 2.83. The lowest BCUT2D eigenvalue weighted by Crippen LogP contribution is -2.05. The summed E-state index contributed by atoms with van der Waals surface area (Å²) in [6, 6.07) is 0. The fourth-order valence-corrected chi connectivity index (χ4v) is 1.84. The van der Waals surface area contributed by atoms with Crippen LogP contribution in [0.4, 0.5) is 5.82 Å². The molecule has 0 aliphatic carbocycles. The van der Waals surface area contributed by atoms with Gasteiger partial charge in [0, 0.05) is 25.4 Å². The largest absolute Gasteiger partial charge is 0.481 e. The predicted octanol–water partition coefficient (Wildman–Crippen LogP) is 1.57. The minimum Gasteiger partial charge on any atom is -0.481 e. The molecular formula is C12H17N5O2. The highest BCUT2D eigenvalue weighted by molar-refractivity contribution is 5.66. The average Bonchev–Trinajstić information content (AvgIpc) is 2.86. The maximum Gasteiger partial charge on any atom is 0.303 e. The molecule has 2 N–H and O–H groups in total. The van der Waals surface area contributed by atoms with E-state index in [0.29, 0.717) is 5.65 Å². The Bertz CT molecular complexity index is 540. The van der Waals surface area contributed by atoms with Crippen molar-refractivity contribution >= 4 is 17.4 Å². The van der Waals surface area contributed by atoms with E-state index in [-0.39, 0.29) is 6.42 Å². The molecule has 7 nitrogen and oxygen atoms in total. The number of anilines is 1. The second-order valence-electron chi connectivity index (χ2n) is 4.32. The molecule has 2 rings (SSSR count). The van der Waals surface area contributed by atoms with Gasteiger partial charge in [0.05, 0.1) is 0 Å².